The minimum atomic E-state index is -1.04. The van der Waals surface area contributed by atoms with Gasteiger partial charge in [-0.05, 0) is 18.6 Å². The Labute approximate surface area is 104 Å². The third-order valence-electron chi connectivity index (χ3n) is 2.89. The van der Waals surface area contributed by atoms with Crippen LogP contribution in [0, 0.1) is 0 Å². The van der Waals surface area contributed by atoms with Gasteiger partial charge in [0, 0.05) is 23.1 Å². The lowest BCUT2D eigenvalue weighted by Gasteiger charge is -2.16. The van der Waals surface area contributed by atoms with Crippen LogP contribution in [0.4, 0.5) is 0 Å². The van der Waals surface area contributed by atoms with Crippen molar-refractivity contribution in [3.63, 3.8) is 0 Å². The summed E-state index contributed by atoms with van der Waals surface area (Å²) >= 11 is 5.94. The summed E-state index contributed by atoms with van der Waals surface area (Å²) in [5.74, 6) is -0.497. The Morgan fingerprint density at radius 3 is 2.88 bits per heavy atom. The normalized spacial score (nSPS) is 19.3. The maximum Gasteiger partial charge on any atom is 0.339 e. The van der Waals surface area contributed by atoms with Gasteiger partial charge in [-0.25, -0.2) is 4.79 Å². The monoisotopic (exact) mass is 256 g/mol. The van der Waals surface area contributed by atoms with E-state index in [1.165, 1.54) is 13.2 Å². The van der Waals surface area contributed by atoms with E-state index in [0.717, 1.165) is 12.0 Å². The second-order valence-electron chi connectivity index (χ2n) is 3.94. The predicted molar refractivity (Wildman–Crippen MR) is 63.1 cm³/mol. The van der Waals surface area contributed by atoms with Crippen molar-refractivity contribution in [2.75, 3.05) is 20.3 Å². The molecular weight excluding hydrogens is 244 g/mol. The van der Waals surface area contributed by atoms with Crippen LogP contribution in [0.1, 0.15) is 28.3 Å². The van der Waals surface area contributed by atoms with Gasteiger partial charge in [-0.3, -0.25) is 0 Å². The largest absolute Gasteiger partial charge is 0.496 e. The quantitative estimate of drug-likeness (QED) is 0.903. The average molecular weight is 257 g/mol. The summed E-state index contributed by atoms with van der Waals surface area (Å²) in [6, 6.07) is 3.16. The van der Waals surface area contributed by atoms with E-state index in [2.05, 4.69) is 0 Å². The second kappa shape index (κ2) is 4.94. The molecule has 1 N–H and O–H groups in total. The molecule has 5 heteroatoms. The van der Waals surface area contributed by atoms with E-state index >= 15 is 0 Å². The van der Waals surface area contributed by atoms with Crippen LogP contribution in [-0.4, -0.2) is 31.4 Å². The molecule has 1 saturated heterocycles. The molecule has 1 aromatic rings. The Bertz CT molecular complexity index is 438. The Balaban J connectivity index is 2.52. The summed E-state index contributed by atoms with van der Waals surface area (Å²) in [5.41, 5.74) is 0.914. The smallest absolute Gasteiger partial charge is 0.339 e. The minimum Gasteiger partial charge on any atom is -0.496 e. The van der Waals surface area contributed by atoms with Crippen LogP contribution in [0.3, 0.4) is 0 Å². The molecule has 0 bridgehead atoms. The lowest BCUT2D eigenvalue weighted by Crippen LogP contribution is -2.07. The fourth-order valence-electron chi connectivity index (χ4n) is 2.08. The molecule has 1 aliphatic heterocycles. The van der Waals surface area contributed by atoms with E-state index in [4.69, 9.17) is 26.2 Å². The Morgan fingerprint density at radius 2 is 2.35 bits per heavy atom. The summed E-state index contributed by atoms with van der Waals surface area (Å²) in [6.45, 7) is 1.26. The molecule has 1 unspecified atom stereocenters. The highest BCUT2D eigenvalue weighted by Crippen LogP contribution is 2.37. The summed E-state index contributed by atoms with van der Waals surface area (Å²) < 4.78 is 10.5. The molecule has 92 valence electrons. The molecule has 0 aliphatic carbocycles. The number of hydrogen-bond acceptors (Lipinski definition) is 3. The van der Waals surface area contributed by atoms with Crippen molar-refractivity contribution in [1.29, 1.82) is 0 Å². The molecule has 0 aromatic heterocycles. The minimum absolute atomic E-state index is 0.0990. The van der Waals surface area contributed by atoms with E-state index in [1.54, 1.807) is 6.07 Å². The fraction of sp³-hybridized carbons (Fsp3) is 0.417. The Morgan fingerprint density at radius 1 is 1.59 bits per heavy atom. The predicted octanol–water partition coefficient (Wildman–Crippen LogP) is 2.55. The molecule has 1 heterocycles. The van der Waals surface area contributed by atoms with Crippen molar-refractivity contribution < 1.29 is 19.4 Å². The highest BCUT2D eigenvalue weighted by atomic mass is 35.5. The number of carbonyl (C=O) groups is 1. The first-order chi connectivity index (χ1) is 8.13. The van der Waals surface area contributed by atoms with Crippen LogP contribution in [-0.2, 0) is 4.74 Å². The van der Waals surface area contributed by atoms with Gasteiger partial charge in [-0.15, -0.1) is 0 Å². The van der Waals surface area contributed by atoms with Gasteiger partial charge in [0.2, 0.25) is 0 Å². The summed E-state index contributed by atoms with van der Waals surface area (Å²) in [4.78, 5) is 11.1. The van der Waals surface area contributed by atoms with Gasteiger partial charge < -0.3 is 14.6 Å². The molecule has 4 nitrogen and oxygen atoms in total. The number of halogens is 1. The van der Waals surface area contributed by atoms with E-state index in [0.29, 0.717) is 24.0 Å². The van der Waals surface area contributed by atoms with E-state index in [9.17, 15) is 4.79 Å². The number of carboxylic acid groups (broad SMARTS) is 1. The summed E-state index contributed by atoms with van der Waals surface area (Å²) in [5, 5.41) is 9.53. The molecule has 1 aromatic carbocycles. The molecule has 1 atom stereocenters. The van der Waals surface area contributed by atoms with Crippen LogP contribution in [0.25, 0.3) is 0 Å². The molecule has 17 heavy (non-hydrogen) atoms. The van der Waals surface area contributed by atoms with Crippen molar-refractivity contribution in [1.82, 2.24) is 0 Å². The zero-order valence-electron chi connectivity index (χ0n) is 9.40. The Kier molecular flexibility index (Phi) is 3.54. The molecule has 0 spiro atoms. The SMILES string of the molecule is COc1c(C(=O)O)cc(Cl)cc1C1CCOC1. The topological polar surface area (TPSA) is 55.8 Å². The first kappa shape index (κ1) is 12.2. The molecule has 0 saturated carbocycles. The van der Waals surface area contributed by atoms with Crippen LogP contribution in [0.5, 0.6) is 5.75 Å². The van der Waals surface area contributed by atoms with E-state index in [-0.39, 0.29) is 11.5 Å². The molecule has 1 fully saturated rings. The number of methoxy groups -OCH3 is 1. The summed E-state index contributed by atoms with van der Waals surface area (Å²) in [6.07, 6.45) is 0.857. The van der Waals surface area contributed by atoms with Crippen molar-refractivity contribution in [2.45, 2.75) is 12.3 Å². The van der Waals surface area contributed by atoms with E-state index in [1.807, 2.05) is 0 Å². The zero-order valence-corrected chi connectivity index (χ0v) is 10.2. The van der Waals surface area contributed by atoms with Crippen LogP contribution in [0.2, 0.25) is 5.02 Å². The molecule has 1 aliphatic rings. The first-order valence-corrected chi connectivity index (χ1v) is 5.69. The fourth-order valence-corrected chi connectivity index (χ4v) is 2.31. The van der Waals surface area contributed by atoms with Gasteiger partial charge in [0.1, 0.15) is 11.3 Å². The number of aromatic carboxylic acids is 1. The molecule has 2 rings (SSSR count). The highest BCUT2D eigenvalue weighted by molar-refractivity contribution is 6.31. The van der Waals surface area contributed by atoms with Crippen molar-refractivity contribution in [2.24, 2.45) is 0 Å². The second-order valence-corrected chi connectivity index (χ2v) is 4.38. The summed E-state index contributed by atoms with van der Waals surface area (Å²) in [7, 11) is 1.47. The molecular formula is C12H13ClO4. The maximum atomic E-state index is 11.1. The number of ether oxygens (including phenoxy) is 2. The maximum absolute atomic E-state index is 11.1. The van der Waals surface area contributed by atoms with Gasteiger partial charge in [0.15, 0.2) is 0 Å². The number of benzene rings is 1. The number of hydrogen-bond donors (Lipinski definition) is 1. The van der Waals surface area contributed by atoms with Crippen molar-refractivity contribution >= 4 is 17.6 Å². The lowest BCUT2D eigenvalue weighted by molar-refractivity contribution is 0.0693. The van der Waals surface area contributed by atoms with Crippen LogP contribution >= 0.6 is 11.6 Å². The zero-order chi connectivity index (χ0) is 12.4. The van der Waals surface area contributed by atoms with E-state index < -0.39 is 5.97 Å². The van der Waals surface area contributed by atoms with Crippen LogP contribution in [0.15, 0.2) is 12.1 Å². The number of rotatable bonds is 3. The standard InChI is InChI=1S/C12H13ClO4/c1-16-11-9(7-2-3-17-6-7)4-8(13)5-10(11)12(14)15/h4-5,7H,2-3,6H2,1H3,(H,14,15). The van der Waals surface area contributed by atoms with Crippen molar-refractivity contribution in [3.8, 4) is 5.75 Å². The first-order valence-electron chi connectivity index (χ1n) is 5.32. The van der Waals surface area contributed by atoms with Crippen molar-refractivity contribution in [3.05, 3.63) is 28.3 Å². The van der Waals surface area contributed by atoms with Gasteiger partial charge in [0.05, 0.1) is 13.7 Å². The third-order valence-corrected chi connectivity index (χ3v) is 3.10. The van der Waals surface area contributed by atoms with Crippen LogP contribution < -0.4 is 4.74 Å². The van der Waals surface area contributed by atoms with Gasteiger partial charge in [-0.2, -0.15) is 0 Å². The lowest BCUT2D eigenvalue weighted by atomic mass is 9.95. The Hall–Kier alpha value is -1.26. The van der Waals surface area contributed by atoms with Gasteiger partial charge in [0.25, 0.3) is 0 Å². The van der Waals surface area contributed by atoms with Gasteiger partial charge >= 0.3 is 5.97 Å². The molecule has 0 radical (unpaired) electrons. The average Bonchev–Trinajstić information content (AvgIpc) is 2.81. The highest BCUT2D eigenvalue weighted by Gasteiger charge is 2.25. The third kappa shape index (κ3) is 2.37. The molecule has 0 amide bonds. The number of carboxylic acids is 1. The van der Waals surface area contributed by atoms with Gasteiger partial charge in [-0.1, -0.05) is 11.6 Å².